The Labute approximate surface area is 132 Å². The molecule has 2 aromatic carbocycles. The van der Waals surface area contributed by atoms with Crippen LogP contribution < -0.4 is 4.90 Å². The first-order valence-electron chi connectivity index (χ1n) is 5.90. The first kappa shape index (κ1) is 14.7. The Bertz CT molecular complexity index is 572. The number of halogens is 3. The first-order chi connectivity index (χ1) is 9.10. The molecular weight excluding hydrogens is 345 g/mol. The third-order valence-corrected chi connectivity index (χ3v) is 4.19. The van der Waals surface area contributed by atoms with Crippen LogP contribution in [0.25, 0.3) is 0 Å². The van der Waals surface area contributed by atoms with E-state index in [0.29, 0.717) is 5.88 Å². The van der Waals surface area contributed by atoms with E-state index in [1.807, 2.05) is 24.3 Å². The molecule has 0 aliphatic carbocycles. The Morgan fingerprint density at radius 2 is 1.95 bits per heavy atom. The lowest BCUT2D eigenvalue weighted by Crippen LogP contribution is -2.16. The van der Waals surface area contributed by atoms with Crippen LogP contribution in [-0.4, -0.2) is 7.05 Å². The van der Waals surface area contributed by atoms with Crippen LogP contribution in [0, 0.1) is 0 Å². The molecule has 0 N–H and O–H groups in total. The fourth-order valence-corrected chi connectivity index (χ4v) is 3.00. The van der Waals surface area contributed by atoms with Crippen molar-refractivity contribution in [3.05, 3.63) is 63.1 Å². The van der Waals surface area contributed by atoms with Gasteiger partial charge in [0, 0.05) is 34.7 Å². The van der Waals surface area contributed by atoms with Gasteiger partial charge in [-0.05, 0) is 35.4 Å². The van der Waals surface area contributed by atoms with Gasteiger partial charge in [-0.2, -0.15) is 0 Å². The number of alkyl halides is 1. The van der Waals surface area contributed by atoms with Crippen LogP contribution in [0.2, 0.25) is 5.02 Å². The van der Waals surface area contributed by atoms with Crippen LogP contribution in [0.3, 0.4) is 0 Å². The average molecular weight is 359 g/mol. The van der Waals surface area contributed by atoms with Crippen molar-refractivity contribution in [1.82, 2.24) is 0 Å². The van der Waals surface area contributed by atoms with Crippen LogP contribution >= 0.6 is 39.1 Å². The third-order valence-electron chi connectivity index (χ3n) is 2.93. The van der Waals surface area contributed by atoms with Crippen molar-refractivity contribution in [3.63, 3.8) is 0 Å². The fraction of sp³-hybridized carbons (Fsp3) is 0.200. The van der Waals surface area contributed by atoms with Crippen molar-refractivity contribution in [1.29, 1.82) is 0 Å². The van der Waals surface area contributed by atoms with Gasteiger partial charge in [0.15, 0.2) is 0 Å². The highest BCUT2D eigenvalue weighted by Crippen LogP contribution is 2.26. The van der Waals surface area contributed by atoms with Crippen molar-refractivity contribution in [2.75, 3.05) is 11.9 Å². The monoisotopic (exact) mass is 357 g/mol. The second-order valence-corrected chi connectivity index (χ2v) is 5.95. The molecule has 0 unspecified atom stereocenters. The minimum Gasteiger partial charge on any atom is -0.370 e. The molecule has 0 saturated carbocycles. The minimum atomic E-state index is 0.513. The summed E-state index contributed by atoms with van der Waals surface area (Å²) in [7, 11) is 2.06. The maximum absolute atomic E-state index is 6.00. The van der Waals surface area contributed by atoms with Gasteiger partial charge in [-0.15, -0.1) is 11.6 Å². The number of benzene rings is 2. The zero-order valence-electron chi connectivity index (χ0n) is 10.5. The quantitative estimate of drug-likeness (QED) is 0.654. The van der Waals surface area contributed by atoms with E-state index >= 15 is 0 Å². The van der Waals surface area contributed by atoms with Crippen molar-refractivity contribution in [3.8, 4) is 0 Å². The van der Waals surface area contributed by atoms with Crippen LogP contribution in [-0.2, 0) is 12.4 Å². The number of hydrogen-bond acceptors (Lipinski definition) is 1. The molecular formula is C15H14BrCl2N. The molecule has 0 bridgehead atoms. The highest BCUT2D eigenvalue weighted by atomic mass is 79.9. The Morgan fingerprint density at radius 1 is 1.16 bits per heavy atom. The summed E-state index contributed by atoms with van der Waals surface area (Å²) >= 11 is 15.4. The Balaban J connectivity index is 2.15. The molecule has 0 aliphatic rings. The van der Waals surface area contributed by atoms with E-state index in [4.69, 9.17) is 23.2 Å². The summed E-state index contributed by atoms with van der Waals surface area (Å²) in [5, 5.41) is 0.768. The van der Waals surface area contributed by atoms with Crippen molar-refractivity contribution < 1.29 is 0 Å². The highest BCUT2D eigenvalue weighted by molar-refractivity contribution is 9.10. The summed E-state index contributed by atoms with van der Waals surface area (Å²) in [5.74, 6) is 0.513. The maximum Gasteiger partial charge on any atom is 0.0485 e. The Kier molecular flexibility index (Phi) is 5.14. The lowest BCUT2D eigenvalue weighted by molar-refractivity contribution is 0.922. The van der Waals surface area contributed by atoms with E-state index in [0.717, 1.165) is 27.3 Å². The van der Waals surface area contributed by atoms with Gasteiger partial charge in [0.25, 0.3) is 0 Å². The summed E-state index contributed by atoms with van der Waals surface area (Å²) in [6, 6.07) is 14.1. The molecule has 19 heavy (non-hydrogen) atoms. The van der Waals surface area contributed by atoms with Gasteiger partial charge >= 0.3 is 0 Å². The van der Waals surface area contributed by atoms with E-state index in [9.17, 15) is 0 Å². The topological polar surface area (TPSA) is 3.24 Å². The number of nitrogens with zero attached hydrogens (tertiary/aromatic N) is 1. The summed E-state index contributed by atoms with van der Waals surface area (Å²) in [5.41, 5.74) is 3.43. The molecule has 0 spiro atoms. The molecule has 0 saturated heterocycles. The molecule has 4 heteroatoms. The molecule has 1 nitrogen and oxygen atoms in total. The van der Waals surface area contributed by atoms with Gasteiger partial charge in [-0.3, -0.25) is 0 Å². The largest absolute Gasteiger partial charge is 0.370 e. The molecule has 2 aromatic rings. The van der Waals surface area contributed by atoms with E-state index in [1.54, 1.807) is 0 Å². The second kappa shape index (κ2) is 6.65. The van der Waals surface area contributed by atoms with Gasteiger partial charge in [0.1, 0.15) is 0 Å². The standard InChI is InChI=1S/C15H14BrCl2N/c1-19(10-11-3-2-4-13(18)7-11)14-6-5-12(9-17)15(16)8-14/h2-8H,9-10H2,1H3. The van der Waals surface area contributed by atoms with Gasteiger partial charge in [-0.1, -0.05) is 45.7 Å². The summed E-state index contributed by atoms with van der Waals surface area (Å²) in [6.45, 7) is 0.813. The Morgan fingerprint density at radius 3 is 2.58 bits per heavy atom. The van der Waals surface area contributed by atoms with Crippen LogP contribution in [0.4, 0.5) is 5.69 Å². The lowest BCUT2D eigenvalue weighted by atomic mass is 10.2. The molecule has 0 aliphatic heterocycles. The SMILES string of the molecule is CN(Cc1cccc(Cl)c1)c1ccc(CCl)c(Br)c1. The van der Waals surface area contributed by atoms with E-state index in [2.05, 4.69) is 46.1 Å². The predicted molar refractivity (Wildman–Crippen MR) is 87.3 cm³/mol. The van der Waals surface area contributed by atoms with Crippen LogP contribution in [0.5, 0.6) is 0 Å². The van der Waals surface area contributed by atoms with E-state index in [-0.39, 0.29) is 0 Å². The molecule has 0 fully saturated rings. The summed E-state index contributed by atoms with van der Waals surface area (Å²) in [6.07, 6.45) is 0. The fourth-order valence-electron chi connectivity index (χ4n) is 1.88. The number of hydrogen-bond donors (Lipinski definition) is 0. The molecule has 0 heterocycles. The lowest BCUT2D eigenvalue weighted by Gasteiger charge is -2.20. The van der Waals surface area contributed by atoms with E-state index < -0.39 is 0 Å². The second-order valence-electron chi connectivity index (χ2n) is 4.40. The van der Waals surface area contributed by atoms with Gasteiger partial charge in [0.2, 0.25) is 0 Å². The van der Waals surface area contributed by atoms with Gasteiger partial charge in [0.05, 0.1) is 0 Å². The zero-order chi connectivity index (χ0) is 13.8. The molecule has 0 aromatic heterocycles. The van der Waals surface area contributed by atoms with Crippen molar-refractivity contribution >= 4 is 44.8 Å². The zero-order valence-corrected chi connectivity index (χ0v) is 13.6. The van der Waals surface area contributed by atoms with Crippen LogP contribution in [0.1, 0.15) is 11.1 Å². The molecule has 0 radical (unpaired) electrons. The Hall–Kier alpha value is -0.700. The average Bonchev–Trinajstić information content (AvgIpc) is 2.38. The summed E-state index contributed by atoms with van der Waals surface area (Å²) < 4.78 is 1.04. The normalized spacial score (nSPS) is 10.5. The molecule has 0 amide bonds. The molecule has 2 rings (SSSR count). The summed E-state index contributed by atoms with van der Waals surface area (Å²) in [4.78, 5) is 2.18. The van der Waals surface area contributed by atoms with E-state index in [1.165, 1.54) is 5.56 Å². The molecule has 100 valence electrons. The van der Waals surface area contributed by atoms with Gasteiger partial charge < -0.3 is 4.90 Å². The smallest absolute Gasteiger partial charge is 0.0485 e. The maximum atomic E-state index is 6.00. The third kappa shape index (κ3) is 3.88. The molecule has 0 atom stereocenters. The highest BCUT2D eigenvalue weighted by Gasteiger charge is 2.06. The number of rotatable bonds is 4. The number of anilines is 1. The van der Waals surface area contributed by atoms with Gasteiger partial charge in [-0.25, -0.2) is 0 Å². The first-order valence-corrected chi connectivity index (χ1v) is 7.60. The van der Waals surface area contributed by atoms with Crippen molar-refractivity contribution in [2.24, 2.45) is 0 Å². The minimum absolute atomic E-state index is 0.513. The predicted octanol–water partition coefficient (Wildman–Crippen LogP) is 5.48. The van der Waals surface area contributed by atoms with Crippen LogP contribution in [0.15, 0.2) is 46.9 Å². The van der Waals surface area contributed by atoms with Crippen molar-refractivity contribution in [2.45, 2.75) is 12.4 Å².